The number of carbonyl (C=O) groups excluding carboxylic acids is 1. The van der Waals surface area contributed by atoms with Gasteiger partial charge in [0, 0.05) is 12.5 Å². The Kier molecular flexibility index (Phi) is 2.68. The Hall–Kier alpha value is -1.09. The molecule has 1 aliphatic rings. The molecule has 14 heavy (non-hydrogen) atoms. The van der Waals surface area contributed by atoms with Gasteiger partial charge in [0.25, 0.3) is 0 Å². The Labute approximate surface area is 83.0 Å². The topological polar surface area (TPSA) is 39.4 Å². The van der Waals surface area contributed by atoms with Crippen LogP contribution in [-0.4, -0.2) is 19.5 Å². The predicted octanol–water partition coefficient (Wildman–Crippen LogP) is 2.29. The normalized spacial score (nSPS) is 22.2. The van der Waals surface area contributed by atoms with Crippen LogP contribution in [0.1, 0.15) is 40.6 Å². The number of hydrogen-bond acceptors (Lipinski definition) is 3. The lowest BCUT2D eigenvalue weighted by Crippen LogP contribution is -2.15. The van der Waals surface area contributed by atoms with Gasteiger partial charge in [-0.3, -0.25) is 4.79 Å². The zero-order valence-electron chi connectivity index (χ0n) is 8.29. The van der Waals surface area contributed by atoms with Gasteiger partial charge in [-0.1, -0.05) is 0 Å². The van der Waals surface area contributed by atoms with Gasteiger partial charge in [0.15, 0.2) is 6.29 Å². The van der Waals surface area contributed by atoms with E-state index >= 15 is 0 Å². The van der Waals surface area contributed by atoms with Crippen LogP contribution >= 0.6 is 0 Å². The molecule has 3 nitrogen and oxygen atoms in total. The molecular formula is C11H14O3. The van der Waals surface area contributed by atoms with E-state index in [0.717, 1.165) is 37.3 Å². The monoisotopic (exact) mass is 194 g/mol. The van der Waals surface area contributed by atoms with Crippen LogP contribution in [0, 0.1) is 6.92 Å². The van der Waals surface area contributed by atoms with Gasteiger partial charge >= 0.3 is 0 Å². The minimum atomic E-state index is 0.262. The maximum Gasteiger partial charge on any atom is 0.153 e. The first-order valence-electron chi connectivity index (χ1n) is 4.94. The summed E-state index contributed by atoms with van der Waals surface area (Å²) in [6.07, 6.45) is 2.96. The molecule has 1 aromatic rings. The van der Waals surface area contributed by atoms with E-state index in [1.165, 1.54) is 0 Å². The van der Waals surface area contributed by atoms with Crippen LogP contribution in [0.25, 0.3) is 0 Å². The molecule has 1 aliphatic heterocycles. The van der Waals surface area contributed by atoms with Crippen LogP contribution in [0.3, 0.4) is 0 Å². The van der Waals surface area contributed by atoms with Crippen molar-refractivity contribution in [3.05, 3.63) is 23.2 Å². The number of aldehydes is 1. The summed E-state index contributed by atoms with van der Waals surface area (Å²) in [5, 5.41) is 0. The molecule has 0 bridgehead atoms. The third-order valence-electron chi connectivity index (χ3n) is 2.57. The highest BCUT2D eigenvalue weighted by Crippen LogP contribution is 2.29. The average molecular weight is 194 g/mol. The first-order chi connectivity index (χ1) is 6.81. The molecule has 0 spiro atoms. The zero-order valence-corrected chi connectivity index (χ0v) is 8.29. The second-order valence-electron chi connectivity index (χ2n) is 3.71. The minimum Gasteiger partial charge on any atom is -0.465 e. The van der Waals surface area contributed by atoms with E-state index in [-0.39, 0.29) is 5.92 Å². The third-order valence-corrected chi connectivity index (χ3v) is 2.57. The molecule has 1 aromatic heterocycles. The molecule has 0 saturated carbocycles. The van der Waals surface area contributed by atoms with Crippen molar-refractivity contribution in [3.8, 4) is 0 Å². The van der Waals surface area contributed by atoms with Crippen molar-refractivity contribution in [2.45, 2.75) is 25.7 Å². The molecule has 2 heterocycles. The number of rotatable bonds is 2. The molecule has 3 heteroatoms. The molecule has 1 unspecified atom stereocenters. The van der Waals surface area contributed by atoms with Crippen molar-refractivity contribution in [2.75, 3.05) is 13.2 Å². The van der Waals surface area contributed by atoms with E-state index in [1.807, 2.05) is 6.92 Å². The van der Waals surface area contributed by atoms with Gasteiger partial charge in [0.05, 0.1) is 12.2 Å². The Bertz CT molecular complexity index is 321. The lowest BCUT2D eigenvalue weighted by atomic mass is 9.97. The van der Waals surface area contributed by atoms with Gasteiger partial charge in [-0.25, -0.2) is 0 Å². The highest BCUT2D eigenvalue weighted by atomic mass is 16.5. The van der Waals surface area contributed by atoms with E-state index in [4.69, 9.17) is 9.15 Å². The summed E-state index contributed by atoms with van der Waals surface area (Å²) in [5.74, 6) is 1.86. The lowest BCUT2D eigenvalue weighted by Gasteiger charge is -2.20. The smallest absolute Gasteiger partial charge is 0.153 e. The molecule has 2 rings (SSSR count). The largest absolute Gasteiger partial charge is 0.465 e. The summed E-state index contributed by atoms with van der Waals surface area (Å²) in [5.41, 5.74) is 0.679. The van der Waals surface area contributed by atoms with Gasteiger partial charge < -0.3 is 9.15 Å². The van der Waals surface area contributed by atoms with Crippen LogP contribution in [0.4, 0.5) is 0 Å². The van der Waals surface area contributed by atoms with Crippen LogP contribution in [0.15, 0.2) is 10.5 Å². The summed E-state index contributed by atoms with van der Waals surface area (Å²) in [7, 11) is 0. The van der Waals surface area contributed by atoms with E-state index in [2.05, 4.69) is 0 Å². The number of aryl methyl sites for hydroxylation is 1. The Balaban J connectivity index is 2.24. The quantitative estimate of drug-likeness (QED) is 0.678. The first kappa shape index (κ1) is 9.46. The van der Waals surface area contributed by atoms with Gasteiger partial charge in [0.2, 0.25) is 0 Å². The zero-order chi connectivity index (χ0) is 9.97. The summed E-state index contributed by atoms with van der Waals surface area (Å²) >= 11 is 0. The standard InChI is InChI=1S/C11H14O3/c1-8-5-10(6-12)11(14-8)9-3-2-4-13-7-9/h5-6,9H,2-4,7H2,1H3. The molecule has 1 fully saturated rings. The van der Waals surface area contributed by atoms with Crippen molar-refractivity contribution in [1.82, 2.24) is 0 Å². The minimum absolute atomic E-state index is 0.262. The van der Waals surface area contributed by atoms with Crippen molar-refractivity contribution in [1.29, 1.82) is 0 Å². The van der Waals surface area contributed by atoms with Gasteiger partial charge in [-0.2, -0.15) is 0 Å². The highest BCUT2D eigenvalue weighted by Gasteiger charge is 2.22. The summed E-state index contributed by atoms with van der Waals surface area (Å²) in [6.45, 7) is 3.36. The molecule has 0 N–H and O–H groups in total. The Morgan fingerprint density at radius 3 is 3.07 bits per heavy atom. The molecule has 0 radical (unpaired) electrons. The number of carbonyl (C=O) groups is 1. The molecule has 76 valence electrons. The van der Waals surface area contributed by atoms with Crippen molar-refractivity contribution < 1.29 is 13.9 Å². The lowest BCUT2D eigenvalue weighted by molar-refractivity contribution is 0.0735. The van der Waals surface area contributed by atoms with Crippen molar-refractivity contribution >= 4 is 6.29 Å². The molecule has 1 atom stereocenters. The van der Waals surface area contributed by atoms with E-state index in [1.54, 1.807) is 6.07 Å². The summed E-state index contributed by atoms with van der Waals surface area (Å²) < 4.78 is 10.9. The molecule has 1 saturated heterocycles. The fourth-order valence-corrected chi connectivity index (χ4v) is 1.91. The van der Waals surface area contributed by atoms with Gasteiger partial charge in [-0.15, -0.1) is 0 Å². The Morgan fingerprint density at radius 2 is 2.43 bits per heavy atom. The fraction of sp³-hybridized carbons (Fsp3) is 0.545. The predicted molar refractivity (Wildman–Crippen MR) is 51.6 cm³/mol. The van der Waals surface area contributed by atoms with E-state index in [9.17, 15) is 4.79 Å². The van der Waals surface area contributed by atoms with Crippen molar-refractivity contribution in [3.63, 3.8) is 0 Å². The third kappa shape index (κ3) is 1.73. The Morgan fingerprint density at radius 1 is 1.57 bits per heavy atom. The van der Waals surface area contributed by atoms with Crippen LogP contribution < -0.4 is 0 Å². The second-order valence-corrected chi connectivity index (χ2v) is 3.71. The van der Waals surface area contributed by atoms with E-state index in [0.29, 0.717) is 12.2 Å². The number of ether oxygens (including phenoxy) is 1. The second kappa shape index (κ2) is 3.96. The molecule has 0 amide bonds. The summed E-state index contributed by atoms with van der Waals surface area (Å²) in [4.78, 5) is 10.8. The van der Waals surface area contributed by atoms with Crippen LogP contribution in [0.2, 0.25) is 0 Å². The molecule has 0 aromatic carbocycles. The highest BCUT2D eigenvalue weighted by molar-refractivity contribution is 5.76. The van der Waals surface area contributed by atoms with Gasteiger partial charge in [0.1, 0.15) is 11.5 Å². The molecular weight excluding hydrogens is 180 g/mol. The van der Waals surface area contributed by atoms with E-state index < -0.39 is 0 Å². The van der Waals surface area contributed by atoms with Crippen molar-refractivity contribution in [2.24, 2.45) is 0 Å². The maximum atomic E-state index is 10.8. The maximum absolute atomic E-state index is 10.8. The first-order valence-corrected chi connectivity index (χ1v) is 4.94. The molecule has 0 aliphatic carbocycles. The fourth-order valence-electron chi connectivity index (χ4n) is 1.91. The van der Waals surface area contributed by atoms with Crippen LogP contribution in [0.5, 0.6) is 0 Å². The number of hydrogen-bond donors (Lipinski definition) is 0. The number of furan rings is 1. The van der Waals surface area contributed by atoms with Crippen LogP contribution in [-0.2, 0) is 4.74 Å². The average Bonchev–Trinajstić information content (AvgIpc) is 2.61. The SMILES string of the molecule is Cc1cc(C=O)c(C2CCCOC2)o1. The summed E-state index contributed by atoms with van der Waals surface area (Å²) in [6, 6.07) is 1.79. The van der Waals surface area contributed by atoms with Gasteiger partial charge in [-0.05, 0) is 25.8 Å².